The maximum atomic E-state index is 13.4. The monoisotopic (exact) mass is 365 g/mol. The first kappa shape index (κ1) is 18.4. The number of carbonyl (C=O) groups excluding carboxylic acids is 2. The van der Waals surface area contributed by atoms with Gasteiger partial charge in [-0.05, 0) is 36.4 Å². The summed E-state index contributed by atoms with van der Waals surface area (Å²) in [6.45, 7) is 2.59. The van der Waals surface area contributed by atoms with E-state index in [4.69, 9.17) is 0 Å². The summed E-state index contributed by atoms with van der Waals surface area (Å²) >= 11 is 0. The van der Waals surface area contributed by atoms with Crippen molar-refractivity contribution in [1.29, 1.82) is 0 Å². The molecule has 0 aliphatic rings. The van der Waals surface area contributed by atoms with Crippen LogP contribution in [0.15, 0.2) is 47.4 Å². The lowest BCUT2D eigenvalue weighted by atomic mass is 10.2. The average molecular weight is 365 g/mol. The van der Waals surface area contributed by atoms with Gasteiger partial charge in [-0.1, -0.05) is 0 Å². The molecule has 0 saturated heterocycles. The number of rotatable bonds is 5. The van der Waals surface area contributed by atoms with E-state index in [1.54, 1.807) is 0 Å². The van der Waals surface area contributed by atoms with Gasteiger partial charge in [-0.3, -0.25) is 14.3 Å². The lowest BCUT2D eigenvalue weighted by Crippen LogP contribution is -2.16. The topological polar surface area (TPSA) is 104 Å². The molecule has 0 radical (unpaired) electrons. The number of carbonyl (C=O) groups is 2. The number of anilines is 3. The summed E-state index contributed by atoms with van der Waals surface area (Å²) in [5, 5.41) is 4.95. The lowest BCUT2D eigenvalue weighted by Gasteiger charge is -2.13. The Balaban J connectivity index is 2.31. The molecule has 0 saturated carbocycles. The molecule has 0 aliphatic carbocycles. The highest BCUT2D eigenvalue weighted by atomic mass is 32.2. The van der Waals surface area contributed by atoms with Crippen LogP contribution in [0.1, 0.15) is 13.8 Å². The van der Waals surface area contributed by atoms with Crippen molar-refractivity contribution in [2.24, 2.45) is 0 Å². The summed E-state index contributed by atoms with van der Waals surface area (Å²) in [4.78, 5) is 22.1. The van der Waals surface area contributed by atoms with Crippen LogP contribution in [0.25, 0.3) is 0 Å². The zero-order valence-corrected chi connectivity index (χ0v) is 14.3. The first-order valence-corrected chi connectivity index (χ1v) is 8.63. The molecule has 0 aliphatic heterocycles. The van der Waals surface area contributed by atoms with Gasteiger partial charge in [0.1, 0.15) is 5.82 Å². The number of benzene rings is 2. The molecule has 2 amide bonds. The Morgan fingerprint density at radius 2 is 1.48 bits per heavy atom. The molecule has 0 fully saturated rings. The van der Waals surface area contributed by atoms with E-state index in [0.717, 1.165) is 12.1 Å². The molecular formula is C16H16FN3O4S. The minimum absolute atomic E-state index is 0.0837. The van der Waals surface area contributed by atoms with Crippen LogP contribution >= 0.6 is 0 Å². The summed E-state index contributed by atoms with van der Waals surface area (Å²) in [5.74, 6) is -1.37. The molecule has 0 spiro atoms. The molecule has 0 bridgehead atoms. The Kier molecular flexibility index (Phi) is 5.38. The van der Waals surface area contributed by atoms with Gasteiger partial charge in [-0.25, -0.2) is 12.8 Å². The van der Waals surface area contributed by atoms with Gasteiger partial charge in [0, 0.05) is 25.6 Å². The molecular weight excluding hydrogens is 349 g/mol. The largest absolute Gasteiger partial charge is 0.326 e. The van der Waals surface area contributed by atoms with Crippen LogP contribution in [0.5, 0.6) is 0 Å². The molecule has 2 aromatic carbocycles. The third-order valence-electron chi connectivity index (χ3n) is 3.02. The standard InChI is InChI=1S/C16H16FN3O4S/c1-10(21)18-13-4-6-14(7-5-13)25(23,24)20-16-9-12(17)3-8-15(16)19-11(2)22/h3-9,20H,1-2H3,(H,18,21)(H,19,22). The Hall–Kier alpha value is -2.94. The molecule has 2 aromatic rings. The fourth-order valence-electron chi connectivity index (χ4n) is 2.02. The number of halogens is 1. The minimum atomic E-state index is -4.01. The second-order valence-corrected chi connectivity index (χ2v) is 6.86. The maximum Gasteiger partial charge on any atom is 0.261 e. The van der Waals surface area contributed by atoms with Crippen molar-refractivity contribution in [3.05, 3.63) is 48.3 Å². The number of nitrogens with one attached hydrogen (secondary N) is 3. The quantitative estimate of drug-likeness (QED) is 0.757. The van der Waals surface area contributed by atoms with Crippen LogP contribution in [0.2, 0.25) is 0 Å². The maximum absolute atomic E-state index is 13.4. The van der Waals surface area contributed by atoms with E-state index in [1.807, 2.05) is 0 Å². The number of sulfonamides is 1. The smallest absolute Gasteiger partial charge is 0.261 e. The van der Waals surface area contributed by atoms with Crippen molar-refractivity contribution in [1.82, 2.24) is 0 Å². The fraction of sp³-hybridized carbons (Fsp3) is 0.125. The van der Waals surface area contributed by atoms with E-state index in [1.165, 1.54) is 44.2 Å². The van der Waals surface area contributed by atoms with Crippen molar-refractivity contribution >= 4 is 38.9 Å². The second kappa shape index (κ2) is 7.31. The van der Waals surface area contributed by atoms with Crippen LogP contribution in [-0.4, -0.2) is 20.2 Å². The molecule has 2 rings (SSSR count). The minimum Gasteiger partial charge on any atom is -0.326 e. The van der Waals surface area contributed by atoms with Gasteiger partial charge in [0.15, 0.2) is 0 Å². The molecule has 0 heterocycles. The zero-order valence-electron chi connectivity index (χ0n) is 13.5. The van der Waals surface area contributed by atoms with Gasteiger partial charge >= 0.3 is 0 Å². The molecule has 0 aromatic heterocycles. The van der Waals surface area contributed by atoms with Gasteiger partial charge in [-0.2, -0.15) is 0 Å². The third kappa shape index (κ3) is 5.01. The second-order valence-electron chi connectivity index (χ2n) is 5.18. The first-order valence-electron chi connectivity index (χ1n) is 7.15. The van der Waals surface area contributed by atoms with Crippen molar-refractivity contribution in [2.45, 2.75) is 18.7 Å². The van der Waals surface area contributed by atoms with Crippen LogP contribution < -0.4 is 15.4 Å². The Bertz CT molecular complexity index is 911. The molecule has 25 heavy (non-hydrogen) atoms. The number of hydrogen-bond acceptors (Lipinski definition) is 4. The van der Waals surface area contributed by atoms with Crippen molar-refractivity contribution in [3.63, 3.8) is 0 Å². The van der Waals surface area contributed by atoms with Crippen LogP contribution in [0.3, 0.4) is 0 Å². The number of amides is 2. The van der Waals surface area contributed by atoms with E-state index in [0.29, 0.717) is 5.69 Å². The van der Waals surface area contributed by atoms with E-state index >= 15 is 0 Å². The van der Waals surface area contributed by atoms with E-state index in [9.17, 15) is 22.4 Å². The van der Waals surface area contributed by atoms with Crippen LogP contribution in [0, 0.1) is 5.82 Å². The Morgan fingerprint density at radius 3 is 2.04 bits per heavy atom. The predicted octanol–water partition coefficient (Wildman–Crippen LogP) is 2.54. The Morgan fingerprint density at radius 1 is 0.880 bits per heavy atom. The predicted molar refractivity (Wildman–Crippen MR) is 92.3 cm³/mol. The SMILES string of the molecule is CC(=O)Nc1ccc(S(=O)(=O)Nc2cc(F)ccc2NC(C)=O)cc1. The lowest BCUT2D eigenvalue weighted by molar-refractivity contribution is -0.115. The fourth-order valence-corrected chi connectivity index (χ4v) is 3.09. The van der Waals surface area contributed by atoms with E-state index in [-0.39, 0.29) is 22.2 Å². The average Bonchev–Trinajstić information content (AvgIpc) is 2.49. The highest BCUT2D eigenvalue weighted by molar-refractivity contribution is 7.92. The van der Waals surface area contributed by atoms with Gasteiger partial charge in [0.25, 0.3) is 10.0 Å². The summed E-state index contributed by atoms with van der Waals surface area (Å²) in [6.07, 6.45) is 0. The molecule has 9 heteroatoms. The Labute approximate surface area is 144 Å². The van der Waals surface area contributed by atoms with E-state index < -0.39 is 21.7 Å². The summed E-state index contributed by atoms with van der Waals surface area (Å²) in [5.41, 5.74) is 0.476. The van der Waals surface area contributed by atoms with Crippen molar-refractivity contribution < 1.29 is 22.4 Å². The van der Waals surface area contributed by atoms with Gasteiger partial charge < -0.3 is 10.6 Å². The van der Waals surface area contributed by atoms with Crippen LogP contribution in [-0.2, 0) is 19.6 Å². The van der Waals surface area contributed by atoms with Crippen LogP contribution in [0.4, 0.5) is 21.5 Å². The molecule has 3 N–H and O–H groups in total. The molecule has 7 nitrogen and oxygen atoms in total. The molecule has 0 unspecified atom stereocenters. The highest BCUT2D eigenvalue weighted by Gasteiger charge is 2.17. The summed E-state index contributed by atoms with van der Waals surface area (Å²) < 4.78 is 40.6. The van der Waals surface area contributed by atoms with Gasteiger partial charge in [0.05, 0.1) is 16.3 Å². The van der Waals surface area contributed by atoms with Gasteiger partial charge in [0.2, 0.25) is 11.8 Å². The highest BCUT2D eigenvalue weighted by Crippen LogP contribution is 2.26. The third-order valence-corrected chi connectivity index (χ3v) is 4.40. The van der Waals surface area contributed by atoms with Gasteiger partial charge in [-0.15, -0.1) is 0 Å². The normalized spacial score (nSPS) is 10.8. The van der Waals surface area contributed by atoms with Crippen molar-refractivity contribution in [2.75, 3.05) is 15.4 Å². The molecule has 0 atom stereocenters. The first-order chi connectivity index (χ1) is 11.7. The summed E-state index contributed by atoms with van der Waals surface area (Å²) in [7, 11) is -4.01. The zero-order chi connectivity index (χ0) is 18.6. The van der Waals surface area contributed by atoms with Crippen molar-refractivity contribution in [3.8, 4) is 0 Å². The molecule has 132 valence electrons. The summed E-state index contributed by atoms with van der Waals surface area (Å²) in [6, 6.07) is 8.77. The number of hydrogen-bond donors (Lipinski definition) is 3. The van der Waals surface area contributed by atoms with E-state index in [2.05, 4.69) is 15.4 Å².